The number of nitrogens with zero attached hydrogens (tertiary/aromatic N) is 1. The molecule has 1 atom stereocenters. The van der Waals surface area contributed by atoms with Crippen molar-refractivity contribution < 1.29 is 5.11 Å². The molecular weight excluding hydrogens is 210 g/mol. The molecule has 88 valence electrons. The molecule has 2 rings (SSSR count). The van der Waals surface area contributed by atoms with Crippen molar-refractivity contribution in [1.82, 2.24) is 4.98 Å². The van der Waals surface area contributed by atoms with Crippen LogP contribution >= 0.6 is 0 Å². The third-order valence-corrected chi connectivity index (χ3v) is 3.06. The molecule has 2 heteroatoms. The van der Waals surface area contributed by atoms with Gasteiger partial charge in [-0.1, -0.05) is 24.3 Å². The maximum atomic E-state index is 10.2. The molecule has 1 aromatic heterocycles. The van der Waals surface area contributed by atoms with E-state index in [9.17, 15) is 5.11 Å². The minimum atomic E-state index is -0.644. The first-order valence-electron chi connectivity index (χ1n) is 5.75. The van der Waals surface area contributed by atoms with Crippen LogP contribution in [0.4, 0.5) is 0 Å². The molecule has 0 aliphatic rings. The summed E-state index contributed by atoms with van der Waals surface area (Å²) < 4.78 is 0. The highest BCUT2D eigenvalue weighted by Gasteiger charge is 2.11. The molecule has 0 bridgehead atoms. The molecule has 0 saturated heterocycles. The van der Waals surface area contributed by atoms with Gasteiger partial charge in [0.2, 0.25) is 0 Å². The SMILES string of the molecule is Cc1ccc(C(O)c2ccc(C)c(C)c2)nc1. The van der Waals surface area contributed by atoms with Gasteiger partial charge in [-0.3, -0.25) is 4.98 Å². The number of hydrogen-bond acceptors (Lipinski definition) is 2. The molecule has 1 aromatic carbocycles. The van der Waals surface area contributed by atoms with Crippen molar-refractivity contribution in [2.24, 2.45) is 0 Å². The fourth-order valence-corrected chi connectivity index (χ4v) is 1.75. The van der Waals surface area contributed by atoms with Gasteiger partial charge in [-0.25, -0.2) is 0 Å². The number of aromatic nitrogens is 1. The van der Waals surface area contributed by atoms with Gasteiger partial charge in [-0.2, -0.15) is 0 Å². The summed E-state index contributed by atoms with van der Waals surface area (Å²) >= 11 is 0. The van der Waals surface area contributed by atoms with E-state index in [4.69, 9.17) is 0 Å². The Morgan fingerprint density at radius 1 is 1.00 bits per heavy atom. The molecule has 2 nitrogen and oxygen atoms in total. The predicted molar refractivity (Wildman–Crippen MR) is 69.0 cm³/mol. The van der Waals surface area contributed by atoms with Crippen LogP contribution in [0.3, 0.4) is 0 Å². The zero-order valence-electron chi connectivity index (χ0n) is 10.4. The maximum absolute atomic E-state index is 10.2. The van der Waals surface area contributed by atoms with E-state index in [0.29, 0.717) is 5.69 Å². The second-order valence-electron chi connectivity index (χ2n) is 4.51. The number of aliphatic hydroxyl groups excluding tert-OH is 1. The van der Waals surface area contributed by atoms with Gasteiger partial charge in [0, 0.05) is 6.20 Å². The highest BCUT2D eigenvalue weighted by molar-refractivity contribution is 5.34. The number of aryl methyl sites for hydroxylation is 3. The minimum absolute atomic E-state index is 0.644. The number of aliphatic hydroxyl groups is 1. The van der Waals surface area contributed by atoms with Crippen LogP contribution in [0.1, 0.15) is 34.1 Å². The van der Waals surface area contributed by atoms with E-state index in [1.165, 1.54) is 11.1 Å². The van der Waals surface area contributed by atoms with Crippen LogP contribution in [0.25, 0.3) is 0 Å². The lowest BCUT2D eigenvalue weighted by molar-refractivity contribution is 0.215. The third kappa shape index (κ3) is 2.53. The van der Waals surface area contributed by atoms with Crippen molar-refractivity contribution in [2.75, 3.05) is 0 Å². The van der Waals surface area contributed by atoms with E-state index in [-0.39, 0.29) is 0 Å². The Morgan fingerprint density at radius 3 is 2.35 bits per heavy atom. The Bertz CT molecular complexity index is 517. The van der Waals surface area contributed by atoms with Crippen molar-refractivity contribution in [1.29, 1.82) is 0 Å². The molecular formula is C15H17NO. The van der Waals surface area contributed by atoms with E-state index < -0.39 is 6.10 Å². The Morgan fingerprint density at radius 2 is 1.76 bits per heavy atom. The van der Waals surface area contributed by atoms with Crippen molar-refractivity contribution >= 4 is 0 Å². The van der Waals surface area contributed by atoms with Crippen molar-refractivity contribution in [3.63, 3.8) is 0 Å². The average molecular weight is 227 g/mol. The first kappa shape index (κ1) is 11.8. The van der Waals surface area contributed by atoms with Crippen molar-refractivity contribution in [3.05, 3.63) is 64.5 Å². The van der Waals surface area contributed by atoms with E-state index in [0.717, 1.165) is 11.1 Å². The Balaban J connectivity index is 2.33. The van der Waals surface area contributed by atoms with Gasteiger partial charge in [-0.05, 0) is 49.1 Å². The van der Waals surface area contributed by atoms with E-state index >= 15 is 0 Å². The number of pyridine rings is 1. The molecule has 0 amide bonds. The van der Waals surface area contributed by atoms with E-state index in [1.807, 2.05) is 44.2 Å². The maximum Gasteiger partial charge on any atom is 0.121 e. The minimum Gasteiger partial charge on any atom is -0.382 e. The molecule has 1 heterocycles. The van der Waals surface area contributed by atoms with Gasteiger partial charge in [0.25, 0.3) is 0 Å². The van der Waals surface area contributed by atoms with E-state index in [1.54, 1.807) is 6.20 Å². The summed E-state index contributed by atoms with van der Waals surface area (Å²) in [4.78, 5) is 4.26. The third-order valence-electron chi connectivity index (χ3n) is 3.06. The van der Waals surface area contributed by atoms with Crippen LogP contribution in [0.15, 0.2) is 36.5 Å². The molecule has 0 aliphatic carbocycles. The van der Waals surface area contributed by atoms with E-state index in [2.05, 4.69) is 11.9 Å². The van der Waals surface area contributed by atoms with Crippen LogP contribution in [-0.4, -0.2) is 10.1 Å². The van der Waals surface area contributed by atoms with Crippen LogP contribution in [0, 0.1) is 20.8 Å². The lowest BCUT2D eigenvalue weighted by Crippen LogP contribution is -2.03. The van der Waals surface area contributed by atoms with Gasteiger partial charge >= 0.3 is 0 Å². The molecule has 0 spiro atoms. The Hall–Kier alpha value is -1.67. The van der Waals surface area contributed by atoms with Gasteiger partial charge in [0.15, 0.2) is 0 Å². The highest BCUT2D eigenvalue weighted by Crippen LogP contribution is 2.22. The summed E-state index contributed by atoms with van der Waals surface area (Å²) in [5.74, 6) is 0. The fourth-order valence-electron chi connectivity index (χ4n) is 1.75. The van der Waals surface area contributed by atoms with Crippen LogP contribution in [0.2, 0.25) is 0 Å². The quantitative estimate of drug-likeness (QED) is 0.855. The van der Waals surface area contributed by atoms with Gasteiger partial charge in [-0.15, -0.1) is 0 Å². The van der Waals surface area contributed by atoms with Crippen LogP contribution in [-0.2, 0) is 0 Å². The van der Waals surface area contributed by atoms with Crippen LogP contribution in [0.5, 0.6) is 0 Å². The standard InChI is InChI=1S/C15H17NO/c1-10-4-7-14(16-9-10)15(17)13-6-5-11(2)12(3)8-13/h4-9,15,17H,1-3H3. The zero-order valence-corrected chi connectivity index (χ0v) is 10.4. The Labute approximate surface area is 102 Å². The summed E-state index contributed by atoms with van der Waals surface area (Å²) in [6.45, 7) is 6.10. The number of benzene rings is 1. The second-order valence-corrected chi connectivity index (χ2v) is 4.51. The lowest BCUT2D eigenvalue weighted by atomic mass is 10.0. The zero-order chi connectivity index (χ0) is 12.4. The summed E-state index contributed by atoms with van der Waals surface area (Å²) in [5.41, 5.74) is 5.11. The molecule has 0 saturated carbocycles. The van der Waals surface area contributed by atoms with Crippen molar-refractivity contribution in [2.45, 2.75) is 26.9 Å². The monoisotopic (exact) mass is 227 g/mol. The summed E-state index contributed by atoms with van der Waals surface area (Å²) in [6, 6.07) is 9.83. The predicted octanol–water partition coefficient (Wildman–Crippen LogP) is 3.09. The van der Waals surface area contributed by atoms with Crippen molar-refractivity contribution in [3.8, 4) is 0 Å². The second kappa shape index (κ2) is 4.68. The molecule has 2 aromatic rings. The normalized spacial score (nSPS) is 12.5. The smallest absolute Gasteiger partial charge is 0.121 e. The molecule has 0 fully saturated rings. The highest BCUT2D eigenvalue weighted by atomic mass is 16.3. The summed E-state index contributed by atoms with van der Waals surface area (Å²) in [5, 5.41) is 10.2. The summed E-state index contributed by atoms with van der Waals surface area (Å²) in [7, 11) is 0. The lowest BCUT2D eigenvalue weighted by Gasteiger charge is -2.12. The molecule has 1 unspecified atom stereocenters. The van der Waals surface area contributed by atoms with Crippen LogP contribution < -0.4 is 0 Å². The number of rotatable bonds is 2. The van der Waals surface area contributed by atoms with Gasteiger partial charge in [0.1, 0.15) is 6.10 Å². The average Bonchev–Trinajstić information content (AvgIpc) is 2.33. The number of hydrogen-bond donors (Lipinski definition) is 1. The van der Waals surface area contributed by atoms with Gasteiger partial charge in [0.05, 0.1) is 5.69 Å². The fraction of sp³-hybridized carbons (Fsp3) is 0.267. The molecule has 0 radical (unpaired) electrons. The first-order valence-corrected chi connectivity index (χ1v) is 5.75. The largest absolute Gasteiger partial charge is 0.382 e. The molecule has 0 aliphatic heterocycles. The molecule has 1 N–H and O–H groups in total. The molecule has 17 heavy (non-hydrogen) atoms. The summed E-state index contributed by atoms with van der Waals surface area (Å²) in [6.07, 6.45) is 1.13. The Kier molecular flexibility index (Phi) is 3.25. The first-order chi connectivity index (χ1) is 8.08. The topological polar surface area (TPSA) is 33.1 Å². The van der Waals surface area contributed by atoms with Gasteiger partial charge < -0.3 is 5.11 Å².